The fourth-order valence-corrected chi connectivity index (χ4v) is 18.8. The molecule has 0 saturated carbocycles. The normalized spacial score (nSPS) is 15.0. The van der Waals surface area contributed by atoms with Crippen molar-refractivity contribution < 1.29 is 0 Å². The second kappa shape index (κ2) is 18.1. The Morgan fingerprint density at radius 3 is 1.75 bits per heavy atom. The fourth-order valence-electron chi connectivity index (χ4n) is 14.8. The van der Waals surface area contributed by atoms with Crippen LogP contribution in [0.25, 0.3) is 173 Å². The summed E-state index contributed by atoms with van der Waals surface area (Å²) in [6, 6.07) is 83.9. The molecule has 0 spiro atoms. The topological polar surface area (TPSA) is 61.4 Å². The monoisotopic (exact) mass is 1160 g/mol. The maximum absolute atomic E-state index is 5.80. The molecular formula is C78H44N6S3. The van der Waals surface area contributed by atoms with Gasteiger partial charge in [0.2, 0.25) is 11.9 Å². The third-order valence-electron chi connectivity index (χ3n) is 18.4. The second-order valence-corrected chi connectivity index (χ2v) is 26.3. The summed E-state index contributed by atoms with van der Waals surface area (Å²) in [6.45, 7) is 0. The van der Waals surface area contributed by atoms with Gasteiger partial charge >= 0.3 is 0 Å². The minimum Gasteiger partial charge on any atom is -0.277 e. The van der Waals surface area contributed by atoms with Crippen molar-refractivity contribution in [1.29, 1.82) is 0 Å². The molecule has 0 radical (unpaired) electrons. The first-order valence-corrected chi connectivity index (χ1v) is 32.0. The predicted octanol–water partition coefficient (Wildman–Crippen LogP) is 21.5. The summed E-state index contributed by atoms with van der Waals surface area (Å²) in [7, 11) is 0. The zero-order valence-corrected chi connectivity index (χ0v) is 48.8. The van der Waals surface area contributed by atoms with Crippen molar-refractivity contribution in [3.05, 3.63) is 260 Å². The number of hydrogen-bond donors (Lipinski definition) is 0. The van der Waals surface area contributed by atoms with Crippen molar-refractivity contribution in [1.82, 2.24) is 29.1 Å². The summed E-state index contributed by atoms with van der Waals surface area (Å²) in [5.41, 5.74) is 14.0. The van der Waals surface area contributed by atoms with Crippen molar-refractivity contribution in [2.24, 2.45) is 0 Å². The van der Waals surface area contributed by atoms with Gasteiger partial charge < -0.3 is 0 Å². The van der Waals surface area contributed by atoms with E-state index in [0.29, 0.717) is 17.1 Å². The summed E-state index contributed by atoms with van der Waals surface area (Å²) in [5.74, 6) is 1.60. The van der Waals surface area contributed by atoms with Crippen LogP contribution >= 0.6 is 34.4 Å². The van der Waals surface area contributed by atoms with Gasteiger partial charge in [-0.05, 0) is 74.0 Å². The van der Waals surface area contributed by atoms with Crippen LogP contribution < -0.4 is 0 Å². The fraction of sp³-hybridized carbons (Fsp3) is 0.0256. The highest BCUT2D eigenvalue weighted by Gasteiger charge is 2.37. The number of nitrogens with zero attached hydrogens (tertiary/aromatic N) is 6. The van der Waals surface area contributed by atoms with Crippen LogP contribution in [0, 0.1) is 0 Å². The molecule has 0 amide bonds. The van der Waals surface area contributed by atoms with E-state index in [1.54, 1.807) is 11.3 Å². The molecule has 9 heteroatoms. The second-order valence-electron chi connectivity index (χ2n) is 23.0. The number of fused-ring (bicyclic) bond motifs is 26. The first-order chi connectivity index (χ1) is 43.2. The highest BCUT2D eigenvalue weighted by Crippen LogP contribution is 2.57. The number of hydrogen-bond acceptors (Lipinski definition) is 7. The number of aromatic nitrogens is 6. The van der Waals surface area contributed by atoms with E-state index < -0.39 is 0 Å². The summed E-state index contributed by atoms with van der Waals surface area (Å²) < 4.78 is 9.44. The number of thiophene rings is 2. The highest BCUT2D eigenvalue weighted by atomic mass is 32.2. The molecule has 18 aromatic rings. The molecule has 6 aromatic heterocycles. The minimum atomic E-state index is 0.273. The molecule has 0 bridgehead atoms. The van der Waals surface area contributed by atoms with Crippen molar-refractivity contribution in [2.45, 2.75) is 16.1 Å². The van der Waals surface area contributed by atoms with Gasteiger partial charge in [0.25, 0.3) is 0 Å². The maximum Gasteiger partial charge on any atom is 0.235 e. The minimum absolute atomic E-state index is 0.273. The van der Waals surface area contributed by atoms with Gasteiger partial charge in [-0.2, -0.15) is 0 Å². The lowest BCUT2D eigenvalue weighted by atomic mass is 9.87. The number of benzene rings is 12. The van der Waals surface area contributed by atoms with E-state index in [-0.39, 0.29) is 5.92 Å². The predicted molar refractivity (Wildman–Crippen MR) is 369 cm³/mol. The molecule has 7 heterocycles. The Bertz CT molecular complexity index is 6130. The van der Waals surface area contributed by atoms with Crippen LogP contribution in [0.4, 0.5) is 0 Å². The summed E-state index contributed by atoms with van der Waals surface area (Å²) in [6.07, 6.45) is 9.20. The lowest BCUT2D eigenvalue weighted by Gasteiger charge is -2.17. The van der Waals surface area contributed by atoms with E-state index in [1.165, 1.54) is 84.1 Å². The number of allylic oxidation sites excluding steroid dienone is 3. The quantitative estimate of drug-likeness (QED) is 0.161. The van der Waals surface area contributed by atoms with Gasteiger partial charge in [-0.25, -0.2) is 19.9 Å². The van der Waals surface area contributed by atoms with Gasteiger partial charge in [-0.3, -0.25) is 9.13 Å². The van der Waals surface area contributed by atoms with E-state index in [1.807, 2.05) is 23.1 Å². The summed E-state index contributed by atoms with van der Waals surface area (Å²) >= 11 is 5.64. The Balaban J connectivity index is 0.846. The van der Waals surface area contributed by atoms with Crippen LogP contribution in [-0.4, -0.2) is 34.3 Å². The molecule has 404 valence electrons. The lowest BCUT2D eigenvalue weighted by molar-refractivity contribution is 0.890. The number of rotatable bonds is 5. The highest BCUT2D eigenvalue weighted by molar-refractivity contribution is 8.00. The molecule has 12 aromatic carbocycles. The average molecular weight is 1160 g/mol. The van der Waals surface area contributed by atoms with Gasteiger partial charge in [0.15, 0.2) is 0 Å². The van der Waals surface area contributed by atoms with Crippen LogP contribution in [0.1, 0.15) is 11.5 Å². The van der Waals surface area contributed by atoms with E-state index in [0.717, 1.165) is 87.3 Å². The molecule has 2 atom stereocenters. The van der Waals surface area contributed by atoms with E-state index in [2.05, 4.69) is 264 Å². The van der Waals surface area contributed by atoms with Gasteiger partial charge in [-0.15, -0.1) is 34.4 Å². The van der Waals surface area contributed by atoms with Gasteiger partial charge in [0, 0.05) is 85.1 Å². The zero-order chi connectivity index (χ0) is 56.6. The van der Waals surface area contributed by atoms with Crippen LogP contribution in [0.2, 0.25) is 0 Å². The Hall–Kier alpha value is -10.3. The zero-order valence-electron chi connectivity index (χ0n) is 46.3. The Labute approximate surface area is 509 Å². The Kier molecular flexibility index (Phi) is 10.00. The van der Waals surface area contributed by atoms with Crippen molar-refractivity contribution in [3.8, 4) is 45.5 Å². The molecular weight excluding hydrogens is 1120 g/mol. The first-order valence-electron chi connectivity index (χ1n) is 29.5. The maximum atomic E-state index is 5.80. The van der Waals surface area contributed by atoms with Gasteiger partial charge in [-0.1, -0.05) is 224 Å². The molecule has 1 aliphatic heterocycles. The third kappa shape index (κ3) is 6.70. The molecule has 87 heavy (non-hydrogen) atoms. The Morgan fingerprint density at radius 2 is 0.954 bits per heavy atom. The molecule has 20 rings (SSSR count). The van der Waals surface area contributed by atoms with Crippen molar-refractivity contribution in [2.75, 3.05) is 0 Å². The van der Waals surface area contributed by atoms with Crippen molar-refractivity contribution >= 4 is 162 Å². The molecule has 0 fully saturated rings. The molecule has 0 N–H and O–H groups in total. The summed E-state index contributed by atoms with van der Waals surface area (Å²) in [4.78, 5) is 24.1. The van der Waals surface area contributed by atoms with Gasteiger partial charge in [0.1, 0.15) is 0 Å². The third-order valence-corrected chi connectivity index (χ3v) is 22.2. The van der Waals surface area contributed by atoms with Crippen LogP contribution in [-0.2, 0) is 0 Å². The Morgan fingerprint density at radius 1 is 0.356 bits per heavy atom. The largest absolute Gasteiger partial charge is 0.277 e. The van der Waals surface area contributed by atoms with E-state index in [4.69, 9.17) is 19.9 Å². The SMILES string of the molecule is C1=CC2Sc3c(c4ccccc4c4c5ccccc5n(-c5nc(-c6ccccc6)c6sc7c(-c8ccc9c(c8)c8c%10ccccc%10sc8c8c9c9ccccc9n8-c8nc(-c9ccccc9)c9ccc%10ccccc%10c9n8)cccc7c6n5)c34)C2C=C1. The average Bonchev–Trinajstić information content (AvgIpc) is 1.62. The van der Waals surface area contributed by atoms with Crippen LogP contribution in [0.5, 0.6) is 0 Å². The first kappa shape index (κ1) is 48.0. The van der Waals surface area contributed by atoms with Gasteiger partial charge in [0.05, 0.1) is 53.9 Å². The lowest BCUT2D eigenvalue weighted by Crippen LogP contribution is -2.07. The number of para-hydroxylation sites is 2. The number of thioether (sulfide) groups is 1. The molecule has 0 saturated heterocycles. The molecule has 2 aliphatic rings. The molecule has 1 aliphatic carbocycles. The molecule has 6 nitrogen and oxygen atoms in total. The smallest absolute Gasteiger partial charge is 0.235 e. The van der Waals surface area contributed by atoms with E-state index in [9.17, 15) is 0 Å². The van der Waals surface area contributed by atoms with Crippen LogP contribution in [0.15, 0.2) is 260 Å². The molecule has 2 unspecified atom stereocenters. The van der Waals surface area contributed by atoms with E-state index >= 15 is 0 Å². The standard InChI is InChI=1S/C78H44N6S3/c1-3-21-44(22-4-1)67-56-41-38-43-20-7-8-25-47(43)69(56)81-77(79-67)83-60-35-16-12-29-53(60)64-51-40-39-46(42-58(51)66-55-31-14-18-37-62(55)86-75(66)72(64)83)48-32-19-33-57-70-76(87-73(48)57)68(45-23-5-2-6-24-45)80-78(82-70)84-59-34-15-11-28-52(59)63-49-26-9-10-27-50(49)65-54-30-13-17-36-61(54)85-74(65)71(63)84/h1-42,54,61H. The van der Waals surface area contributed by atoms with Crippen LogP contribution in [0.3, 0.4) is 0 Å². The summed E-state index contributed by atoms with van der Waals surface area (Å²) in [5, 5.41) is 17.0. The van der Waals surface area contributed by atoms with Crippen molar-refractivity contribution in [3.63, 3.8) is 0 Å².